The highest BCUT2D eigenvalue weighted by Gasteiger charge is 2.40. The fourth-order valence-electron chi connectivity index (χ4n) is 2.89. The smallest absolute Gasteiger partial charge is 0.284 e. The van der Waals surface area contributed by atoms with E-state index in [1.54, 1.807) is 28.8 Å². The summed E-state index contributed by atoms with van der Waals surface area (Å²) in [6.07, 6.45) is 5.95. The lowest BCUT2D eigenvalue weighted by molar-refractivity contribution is 0.102. The monoisotopic (exact) mass is 378 g/mol. The first-order chi connectivity index (χ1) is 12.0. The van der Waals surface area contributed by atoms with Gasteiger partial charge in [-0.3, -0.25) is 9.78 Å². The van der Waals surface area contributed by atoms with E-state index in [1.807, 2.05) is 0 Å². The summed E-state index contributed by atoms with van der Waals surface area (Å²) >= 11 is 1.35. The van der Waals surface area contributed by atoms with E-state index in [1.165, 1.54) is 11.3 Å². The Morgan fingerprint density at radius 1 is 1.20 bits per heavy atom. The summed E-state index contributed by atoms with van der Waals surface area (Å²) in [6.45, 7) is 0.917. The number of aromatic nitrogens is 2. The predicted molar refractivity (Wildman–Crippen MR) is 95.2 cm³/mol. The second-order valence-corrected chi connectivity index (χ2v) is 9.52. The van der Waals surface area contributed by atoms with Crippen LogP contribution in [0.5, 0.6) is 0 Å². The van der Waals surface area contributed by atoms with Gasteiger partial charge in [0.25, 0.3) is 5.91 Å². The van der Waals surface area contributed by atoms with Gasteiger partial charge in [0, 0.05) is 42.5 Å². The largest absolute Gasteiger partial charge is 0.320 e. The standard InChI is InChI=1S/C16H18N4O3S2/c21-15(18-11-3-7-17-8-4-11)16-19-13-5-9-20(10-6-14(13)24-16)25(22,23)12-1-2-12/h3-4,7-8,12H,1-2,5-6,9-10H2,(H,17,18,21). The highest BCUT2D eigenvalue weighted by Crippen LogP contribution is 2.32. The summed E-state index contributed by atoms with van der Waals surface area (Å²) in [5.41, 5.74) is 1.52. The van der Waals surface area contributed by atoms with E-state index in [0.717, 1.165) is 23.4 Å². The minimum absolute atomic E-state index is 0.182. The average Bonchev–Trinajstić information content (AvgIpc) is 3.41. The number of fused-ring (bicyclic) bond motifs is 1. The van der Waals surface area contributed by atoms with Crippen LogP contribution >= 0.6 is 11.3 Å². The number of hydrogen-bond acceptors (Lipinski definition) is 6. The lowest BCUT2D eigenvalue weighted by Crippen LogP contribution is -2.35. The molecule has 0 spiro atoms. The molecule has 2 aromatic heterocycles. The fraction of sp³-hybridized carbons (Fsp3) is 0.438. The lowest BCUT2D eigenvalue weighted by atomic mass is 10.2. The van der Waals surface area contributed by atoms with E-state index in [0.29, 0.717) is 36.6 Å². The molecule has 2 aliphatic rings. The Labute approximate surface area is 150 Å². The molecular formula is C16H18N4O3S2. The highest BCUT2D eigenvalue weighted by atomic mass is 32.2. The summed E-state index contributed by atoms with van der Waals surface area (Å²) in [4.78, 5) is 21.7. The van der Waals surface area contributed by atoms with Gasteiger partial charge in [-0.15, -0.1) is 11.3 Å². The van der Waals surface area contributed by atoms with E-state index in [2.05, 4.69) is 15.3 Å². The zero-order valence-electron chi connectivity index (χ0n) is 13.5. The molecule has 0 atom stereocenters. The maximum absolute atomic E-state index is 12.4. The van der Waals surface area contributed by atoms with E-state index in [9.17, 15) is 13.2 Å². The van der Waals surface area contributed by atoms with Crippen LogP contribution in [0.2, 0.25) is 0 Å². The Morgan fingerprint density at radius 2 is 1.92 bits per heavy atom. The van der Waals surface area contributed by atoms with Crippen molar-refractivity contribution in [3.05, 3.63) is 40.1 Å². The molecule has 0 aromatic carbocycles. The second kappa shape index (κ2) is 6.47. The molecule has 1 aliphatic heterocycles. The number of thiazole rings is 1. The predicted octanol–water partition coefficient (Wildman–Crippen LogP) is 1.68. The third-order valence-electron chi connectivity index (χ3n) is 4.40. The van der Waals surface area contributed by atoms with Crippen LogP contribution in [0.4, 0.5) is 5.69 Å². The van der Waals surface area contributed by atoms with Gasteiger partial charge in [-0.1, -0.05) is 0 Å². The average molecular weight is 378 g/mol. The van der Waals surface area contributed by atoms with Crippen LogP contribution in [0.15, 0.2) is 24.5 Å². The molecule has 1 saturated carbocycles. The van der Waals surface area contributed by atoms with Crippen LogP contribution in [0.25, 0.3) is 0 Å². The number of rotatable bonds is 4. The molecule has 1 N–H and O–H groups in total. The molecule has 0 radical (unpaired) electrons. The molecule has 1 aliphatic carbocycles. The van der Waals surface area contributed by atoms with Crippen LogP contribution in [-0.4, -0.2) is 46.9 Å². The molecule has 4 rings (SSSR count). The normalized spacial score (nSPS) is 18.4. The van der Waals surface area contributed by atoms with Crippen LogP contribution < -0.4 is 5.32 Å². The summed E-state index contributed by atoms with van der Waals surface area (Å²) in [7, 11) is -3.15. The summed E-state index contributed by atoms with van der Waals surface area (Å²) in [6, 6.07) is 3.44. The van der Waals surface area contributed by atoms with Crippen molar-refractivity contribution in [3.8, 4) is 0 Å². The van der Waals surface area contributed by atoms with Gasteiger partial charge in [-0.25, -0.2) is 17.7 Å². The molecule has 2 aromatic rings. The van der Waals surface area contributed by atoms with E-state index in [-0.39, 0.29) is 11.2 Å². The molecule has 0 saturated heterocycles. The van der Waals surface area contributed by atoms with Crippen molar-refractivity contribution >= 4 is 33.0 Å². The molecule has 3 heterocycles. The van der Waals surface area contributed by atoms with Crippen LogP contribution in [0.1, 0.15) is 33.2 Å². The molecule has 9 heteroatoms. The quantitative estimate of drug-likeness (QED) is 0.874. The van der Waals surface area contributed by atoms with Gasteiger partial charge < -0.3 is 5.32 Å². The first kappa shape index (κ1) is 16.6. The van der Waals surface area contributed by atoms with Gasteiger partial charge in [0.2, 0.25) is 10.0 Å². The molecule has 0 unspecified atom stereocenters. The Morgan fingerprint density at radius 3 is 2.64 bits per heavy atom. The number of sulfonamides is 1. The zero-order valence-corrected chi connectivity index (χ0v) is 15.1. The minimum atomic E-state index is -3.15. The van der Waals surface area contributed by atoms with Crippen molar-refractivity contribution in [1.82, 2.24) is 14.3 Å². The molecule has 25 heavy (non-hydrogen) atoms. The van der Waals surface area contributed by atoms with Crippen molar-refractivity contribution in [1.29, 1.82) is 0 Å². The number of carbonyl (C=O) groups is 1. The van der Waals surface area contributed by atoms with Gasteiger partial charge >= 0.3 is 0 Å². The first-order valence-electron chi connectivity index (χ1n) is 8.23. The van der Waals surface area contributed by atoms with E-state index >= 15 is 0 Å². The Hall–Kier alpha value is -1.84. The van der Waals surface area contributed by atoms with Crippen LogP contribution in [0, 0.1) is 0 Å². The third kappa shape index (κ3) is 3.44. The maximum Gasteiger partial charge on any atom is 0.284 e. The zero-order chi connectivity index (χ0) is 17.4. The molecular weight excluding hydrogens is 360 g/mol. The molecule has 1 fully saturated rings. The van der Waals surface area contributed by atoms with Crippen LogP contribution in [-0.2, 0) is 22.9 Å². The van der Waals surface area contributed by atoms with Crippen molar-refractivity contribution in [2.24, 2.45) is 0 Å². The van der Waals surface area contributed by atoms with Gasteiger partial charge in [-0.2, -0.15) is 0 Å². The van der Waals surface area contributed by atoms with Crippen molar-refractivity contribution in [2.45, 2.75) is 30.9 Å². The maximum atomic E-state index is 12.4. The third-order valence-corrected chi connectivity index (χ3v) is 7.96. The van der Waals surface area contributed by atoms with Crippen molar-refractivity contribution in [3.63, 3.8) is 0 Å². The Bertz CT molecular complexity index is 866. The molecule has 7 nitrogen and oxygen atoms in total. The number of amides is 1. The van der Waals surface area contributed by atoms with E-state index < -0.39 is 10.0 Å². The van der Waals surface area contributed by atoms with Crippen LogP contribution in [0.3, 0.4) is 0 Å². The Kier molecular flexibility index (Phi) is 4.30. The number of pyridine rings is 1. The Balaban J connectivity index is 1.46. The fourth-order valence-corrected chi connectivity index (χ4v) is 5.73. The number of nitrogens with one attached hydrogen (secondary N) is 1. The van der Waals surface area contributed by atoms with Crippen molar-refractivity contribution < 1.29 is 13.2 Å². The number of nitrogens with zero attached hydrogens (tertiary/aromatic N) is 3. The molecule has 0 bridgehead atoms. The number of anilines is 1. The molecule has 1 amide bonds. The number of hydrogen-bond donors (Lipinski definition) is 1. The first-order valence-corrected chi connectivity index (χ1v) is 10.5. The second-order valence-electron chi connectivity index (χ2n) is 6.22. The topological polar surface area (TPSA) is 92.3 Å². The SMILES string of the molecule is O=C(Nc1ccncc1)c1nc2c(s1)CCN(S(=O)(=O)C1CC1)CC2. The minimum Gasteiger partial charge on any atom is -0.320 e. The van der Waals surface area contributed by atoms with Gasteiger partial charge in [0.1, 0.15) is 0 Å². The summed E-state index contributed by atoms with van der Waals surface area (Å²) in [5, 5.41) is 3.04. The molecule has 132 valence electrons. The highest BCUT2D eigenvalue weighted by molar-refractivity contribution is 7.90. The van der Waals surface area contributed by atoms with Crippen molar-refractivity contribution in [2.75, 3.05) is 18.4 Å². The summed E-state index contributed by atoms with van der Waals surface area (Å²) in [5.74, 6) is -0.244. The van der Waals surface area contributed by atoms with Gasteiger partial charge in [0.05, 0.1) is 10.9 Å². The van der Waals surface area contributed by atoms with Gasteiger partial charge in [-0.05, 0) is 31.4 Å². The number of carbonyl (C=O) groups excluding carboxylic acids is 1. The summed E-state index contributed by atoms with van der Waals surface area (Å²) < 4.78 is 26.4. The lowest BCUT2D eigenvalue weighted by Gasteiger charge is -2.19. The van der Waals surface area contributed by atoms with E-state index in [4.69, 9.17) is 0 Å². The van der Waals surface area contributed by atoms with Gasteiger partial charge in [0.15, 0.2) is 5.01 Å².